The third kappa shape index (κ3) is 3.13. The van der Waals surface area contributed by atoms with Crippen molar-refractivity contribution >= 4 is 33.4 Å². The number of hydrogen-bond donors (Lipinski definition) is 3. The summed E-state index contributed by atoms with van der Waals surface area (Å²) in [7, 11) is 0. The van der Waals surface area contributed by atoms with Crippen molar-refractivity contribution in [1.29, 1.82) is 0 Å². The summed E-state index contributed by atoms with van der Waals surface area (Å²) >= 11 is 0. The van der Waals surface area contributed by atoms with E-state index in [1.165, 1.54) is 0 Å². The summed E-state index contributed by atoms with van der Waals surface area (Å²) < 4.78 is 0. The molecular formula is C23H19N7O. The molecule has 8 heteroatoms. The number of carbonyl (C=O) groups excluding carboxylic acids is 1. The molecule has 0 aromatic carbocycles. The van der Waals surface area contributed by atoms with Crippen LogP contribution in [-0.4, -0.2) is 36.0 Å². The van der Waals surface area contributed by atoms with E-state index >= 15 is 0 Å². The van der Waals surface area contributed by atoms with Crippen LogP contribution in [0.15, 0.2) is 55.2 Å². The molecule has 152 valence electrons. The van der Waals surface area contributed by atoms with Crippen molar-refractivity contribution in [3.63, 3.8) is 0 Å². The summed E-state index contributed by atoms with van der Waals surface area (Å²) in [6.45, 7) is 0. The van der Waals surface area contributed by atoms with Crippen molar-refractivity contribution in [3.8, 4) is 22.6 Å². The molecular weight excluding hydrogens is 390 g/mol. The van der Waals surface area contributed by atoms with Crippen LogP contribution in [-0.2, 0) is 4.79 Å². The lowest BCUT2D eigenvalue weighted by atomic mass is 9.85. The lowest BCUT2D eigenvalue weighted by Gasteiger charge is -2.24. The standard InChI is InChI=1S/C23H19N7O/c31-23(13-2-1-3-13)27-16-6-15(9-25-10-16)18-8-17-21(12-26-18)29-30-22(17)19-7-14-4-5-24-11-20(14)28-19/h4-13,28H,1-3H2,(H,27,31)(H,29,30). The number of pyridine rings is 3. The highest BCUT2D eigenvalue weighted by molar-refractivity contribution is 5.97. The minimum absolute atomic E-state index is 0.0685. The molecule has 3 N–H and O–H groups in total. The highest BCUT2D eigenvalue weighted by Crippen LogP contribution is 2.31. The maximum absolute atomic E-state index is 12.3. The number of amides is 1. The van der Waals surface area contributed by atoms with Crippen LogP contribution in [0, 0.1) is 5.92 Å². The first-order valence-corrected chi connectivity index (χ1v) is 10.3. The quantitative estimate of drug-likeness (QED) is 0.410. The molecule has 5 aromatic heterocycles. The summed E-state index contributed by atoms with van der Waals surface area (Å²) in [5.74, 6) is 0.192. The van der Waals surface area contributed by atoms with Gasteiger partial charge in [-0.15, -0.1) is 0 Å². The minimum Gasteiger partial charge on any atom is -0.352 e. The number of hydrogen-bond acceptors (Lipinski definition) is 5. The van der Waals surface area contributed by atoms with Crippen molar-refractivity contribution in [2.75, 3.05) is 5.32 Å². The second-order valence-corrected chi connectivity index (χ2v) is 7.91. The molecule has 0 atom stereocenters. The SMILES string of the molecule is O=C(Nc1cncc(-c2cc3c(-c4cc5ccncc5[nH]4)n[nH]c3cn2)c1)C1CCC1. The van der Waals surface area contributed by atoms with Gasteiger partial charge < -0.3 is 10.3 Å². The van der Waals surface area contributed by atoms with Crippen molar-refractivity contribution < 1.29 is 4.79 Å². The van der Waals surface area contributed by atoms with Gasteiger partial charge in [0.2, 0.25) is 5.91 Å². The van der Waals surface area contributed by atoms with Gasteiger partial charge in [0.25, 0.3) is 0 Å². The van der Waals surface area contributed by atoms with E-state index in [0.29, 0.717) is 5.69 Å². The van der Waals surface area contributed by atoms with E-state index in [1.54, 1.807) is 31.0 Å². The van der Waals surface area contributed by atoms with Crippen molar-refractivity contribution in [2.24, 2.45) is 5.92 Å². The molecule has 0 saturated heterocycles. The fourth-order valence-corrected chi connectivity index (χ4v) is 3.94. The Morgan fingerprint density at radius 3 is 2.81 bits per heavy atom. The first kappa shape index (κ1) is 17.8. The Bertz CT molecular complexity index is 1400. The van der Waals surface area contributed by atoms with Gasteiger partial charge in [0.05, 0.1) is 46.7 Å². The number of aromatic nitrogens is 6. The van der Waals surface area contributed by atoms with E-state index in [9.17, 15) is 4.79 Å². The van der Waals surface area contributed by atoms with Gasteiger partial charge in [-0.3, -0.25) is 24.8 Å². The molecule has 5 heterocycles. The predicted octanol–water partition coefficient (Wildman–Crippen LogP) is 4.30. The molecule has 0 unspecified atom stereocenters. The lowest BCUT2D eigenvalue weighted by Crippen LogP contribution is -2.28. The van der Waals surface area contributed by atoms with Gasteiger partial charge in [0.1, 0.15) is 5.69 Å². The Labute approximate surface area is 177 Å². The van der Waals surface area contributed by atoms with Crippen LogP contribution >= 0.6 is 0 Å². The number of nitrogens with zero attached hydrogens (tertiary/aromatic N) is 4. The summed E-state index contributed by atoms with van der Waals surface area (Å²) in [6, 6.07) is 7.93. The number of fused-ring (bicyclic) bond motifs is 2. The molecule has 1 aliphatic rings. The third-order valence-electron chi connectivity index (χ3n) is 5.90. The summed E-state index contributed by atoms with van der Waals surface area (Å²) in [4.78, 5) is 28.7. The Morgan fingerprint density at radius 2 is 1.97 bits per heavy atom. The predicted molar refractivity (Wildman–Crippen MR) is 118 cm³/mol. The van der Waals surface area contributed by atoms with Crippen molar-refractivity contribution in [1.82, 2.24) is 30.1 Å². The monoisotopic (exact) mass is 409 g/mol. The first-order chi connectivity index (χ1) is 15.2. The van der Waals surface area contributed by atoms with E-state index in [2.05, 4.69) is 41.5 Å². The fourth-order valence-electron chi connectivity index (χ4n) is 3.94. The minimum atomic E-state index is 0.0685. The topological polar surface area (TPSA) is 112 Å². The zero-order chi connectivity index (χ0) is 20.8. The molecule has 1 aliphatic carbocycles. The number of rotatable bonds is 4. The van der Waals surface area contributed by atoms with Gasteiger partial charge in [0.15, 0.2) is 0 Å². The van der Waals surface area contributed by atoms with Gasteiger partial charge in [-0.25, -0.2) is 0 Å². The third-order valence-corrected chi connectivity index (χ3v) is 5.90. The smallest absolute Gasteiger partial charge is 0.227 e. The molecule has 5 aromatic rings. The van der Waals surface area contributed by atoms with E-state index in [1.807, 2.05) is 18.2 Å². The number of nitrogens with one attached hydrogen (secondary N) is 3. The van der Waals surface area contributed by atoms with Gasteiger partial charge in [-0.2, -0.15) is 5.10 Å². The summed E-state index contributed by atoms with van der Waals surface area (Å²) in [5, 5.41) is 12.6. The molecule has 6 rings (SSSR count). The number of aromatic amines is 2. The van der Waals surface area contributed by atoms with Crippen LogP contribution in [0.2, 0.25) is 0 Å². The van der Waals surface area contributed by atoms with Crippen molar-refractivity contribution in [2.45, 2.75) is 19.3 Å². The van der Waals surface area contributed by atoms with Crippen LogP contribution in [0.1, 0.15) is 19.3 Å². The molecule has 0 spiro atoms. The Balaban J connectivity index is 1.37. The van der Waals surface area contributed by atoms with Crippen molar-refractivity contribution in [3.05, 3.63) is 55.2 Å². The van der Waals surface area contributed by atoms with Crippen LogP contribution in [0.5, 0.6) is 0 Å². The number of H-pyrrole nitrogens is 2. The zero-order valence-corrected chi connectivity index (χ0v) is 16.6. The molecule has 0 radical (unpaired) electrons. The molecule has 1 amide bonds. The average Bonchev–Trinajstić information content (AvgIpc) is 3.36. The van der Waals surface area contributed by atoms with E-state index in [0.717, 1.165) is 63.7 Å². The Kier molecular flexibility index (Phi) is 4.02. The van der Waals surface area contributed by atoms with Gasteiger partial charge in [0, 0.05) is 34.6 Å². The zero-order valence-electron chi connectivity index (χ0n) is 16.6. The van der Waals surface area contributed by atoms with Crippen LogP contribution in [0.25, 0.3) is 44.5 Å². The summed E-state index contributed by atoms with van der Waals surface area (Å²) in [6.07, 6.45) is 11.8. The number of anilines is 1. The maximum Gasteiger partial charge on any atom is 0.227 e. The highest BCUT2D eigenvalue weighted by Gasteiger charge is 2.25. The van der Waals surface area contributed by atoms with Gasteiger partial charge in [-0.1, -0.05) is 6.42 Å². The second kappa shape index (κ2) is 7.02. The molecule has 0 aliphatic heterocycles. The molecule has 1 fully saturated rings. The Hall–Kier alpha value is -4.07. The molecule has 31 heavy (non-hydrogen) atoms. The van der Waals surface area contributed by atoms with Crippen LogP contribution in [0.3, 0.4) is 0 Å². The molecule has 0 bridgehead atoms. The van der Waals surface area contributed by atoms with Gasteiger partial charge >= 0.3 is 0 Å². The van der Waals surface area contributed by atoms with Gasteiger partial charge in [-0.05, 0) is 37.1 Å². The summed E-state index contributed by atoms with van der Waals surface area (Å²) in [5.41, 5.74) is 5.82. The fraction of sp³-hybridized carbons (Fsp3) is 0.174. The van der Waals surface area contributed by atoms with Crippen LogP contribution in [0.4, 0.5) is 5.69 Å². The van der Waals surface area contributed by atoms with E-state index in [-0.39, 0.29) is 11.8 Å². The average molecular weight is 409 g/mol. The largest absolute Gasteiger partial charge is 0.352 e. The maximum atomic E-state index is 12.3. The number of carbonyl (C=O) groups is 1. The molecule has 8 nitrogen and oxygen atoms in total. The molecule has 1 saturated carbocycles. The van der Waals surface area contributed by atoms with Crippen LogP contribution < -0.4 is 5.32 Å². The van der Waals surface area contributed by atoms with E-state index < -0.39 is 0 Å². The second-order valence-electron chi connectivity index (χ2n) is 7.91. The first-order valence-electron chi connectivity index (χ1n) is 10.3. The normalized spacial score (nSPS) is 14.1. The highest BCUT2D eigenvalue weighted by atomic mass is 16.1. The lowest BCUT2D eigenvalue weighted by molar-refractivity contribution is -0.122. The van der Waals surface area contributed by atoms with E-state index in [4.69, 9.17) is 0 Å². The Morgan fingerprint density at radius 1 is 1.03 bits per heavy atom.